The van der Waals surface area contributed by atoms with Crippen molar-refractivity contribution in [1.82, 2.24) is 5.32 Å². The molecule has 0 bridgehead atoms. The highest BCUT2D eigenvalue weighted by molar-refractivity contribution is 7.17. The summed E-state index contributed by atoms with van der Waals surface area (Å²) in [7, 11) is -2.18. The Bertz CT molecular complexity index is 1410. The topological polar surface area (TPSA) is 76.7 Å². The van der Waals surface area contributed by atoms with Crippen molar-refractivity contribution < 1.29 is 18.8 Å². The third kappa shape index (κ3) is 6.69. The van der Waals surface area contributed by atoms with Crippen molar-refractivity contribution in [3.8, 4) is 11.5 Å². The Morgan fingerprint density at radius 3 is 2.39 bits per heavy atom. The van der Waals surface area contributed by atoms with Gasteiger partial charge in [-0.2, -0.15) is 0 Å². The lowest BCUT2D eigenvalue weighted by Gasteiger charge is -2.37. The number of rotatable bonds is 9. The van der Waals surface area contributed by atoms with Gasteiger partial charge in [0.05, 0.1) is 12.3 Å². The quantitative estimate of drug-likeness (QED) is 0.214. The number of carbonyl (C=O) groups is 2. The molecule has 4 aromatic rings. The van der Waals surface area contributed by atoms with Gasteiger partial charge in [-0.15, -0.1) is 11.3 Å². The average Bonchev–Trinajstić information content (AvgIpc) is 3.35. The van der Waals surface area contributed by atoms with E-state index in [9.17, 15) is 9.59 Å². The SMILES string of the molecule is CC(C)(C)[Si](C)(C)OC[C@H](NC(=O)c1ccc2sccc2c1)C(=O)Nc1ccccc1Oc1ccccc1. The van der Waals surface area contributed by atoms with Crippen LogP contribution in [0.2, 0.25) is 18.1 Å². The molecule has 3 aromatic carbocycles. The third-order valence-electron chi connectivity index (χ3n) is 6.87. The molecule has 2 amide bonds. The maximum atomic E-state index is 13.6. The summed E-state index contributed by atoms with van der Waals surface area (Å²) in [4.78, 5) is 26.8. The lowest BCUT2D eigenvalue weighted by molar-refractivity contribution is -0.118. The molecule has 198 valence electrons. The van der Waals surface area contributed by atoms with E-state index < -0.39 is 14.4 Å². The summed E-state index contributed by atoms with van der Waals surface area (Å²) in [5, 5.41) is 8.80. The fourth-order valence-electron chi connectivity index (χ4n) is 3.53. The Kier molecular flexibility index (Phi) is 8.35. The van der Waals surface area contributed by atoms with Crippen molar-refractivity contribution in [2.45, 2.75) is 44.9 Å². The summed E-state index contributed by atoms with van der Waals surface area (Å²) >= 11 is 1.62. The number of nitrogens with one attached hydrogen (secondary N) is 2. The van der Waals surface area contributed by atoms with Crippen molar-refractivity contribution in [3.63, 3.8) is 0 Å². The number of benzene rings is 3. The minimum Gasteiger partial charge on any atom is -0.455 e. The highest BCUT2D eigenvalue weighted by Crippen LogP contribution is 2.36. The maximum absolute atomic E-state index is 13.6. The van der Waals surface area contributed by atoms with Gasteiger partial charge in [0.2, 0.25) is 5.91 Å². The normalized spacial score (nSPS) is 12.7. The molecular formula is C30H34N2O4SSi. The van der Waals surface area contributed by atoms with E-state index in [-0.39, 0.29) is 23.5 Å². The average molecular weight is 547 g/mol. The number of anilines is 1. The Hall–Kier alpha value is -3.46. The maximum Gasteiger partial charge on any atom is 0.252 e. The molecule has 0 saturated heterocycles. The van der Waals surface area contributed by atoms with E-state index in [1.807, 2.05) is 66.0 Å². The van der Waals surface area contributed by atoms with Crippen molar-refractivity contribution in [3.05, 3.63) is 89.8 Å². The Morgan fingerprint density at radius 2 is 1.66 bits per heavy atom. The fourth-order valence-corrected chi connectivity index (χ4v) is 5.32. The van der Waals surface area contributed by atoms with Crippen LogP contribution in [0.4, 0.5) is 5.69 Å². The van der Waals surface area contributed by atoms with Crippen LogP contribution in [-0.2, 0) is 9.22 Å². The zero-order valence-corrected chi connectivity index (χ0v) is 24.2. The van der Waals surface area contributed by atoms with Gasteiger partial charge in [-0.3, -0.25) is 9.59 Å². The number of carbonyl (C=O) groups excluding carboxylic acids is 2. The summed E-state index contributed by atoms with van der Waals surface area (Å²) < 4.78 is 13.5. The monoisotopic (exact) mass is 546 g/mol. The van der Waals surface area contributed by atoms with Gasteiger partial charge in [0.15, 0.2) is 14.1 Å². The van der Waals surface area contributed by atoms with Crippen LogP contribution in [0.15, 0.2) is 84.2 Å². The van der Waals surface area contributed by atoms with E-state index in [1.54, 1.807) is 29.5 Å². The lowest BCUT2D eigenvalue weighted by Crippen LogP contribution is -2.50. The summed E-state index contributed by atoms with van der Waals surface area (Å²) in [6.45, 7) is 10.7. The molecule has 1 heterocycles. The largest absolute Gasteiger partial charge is 0.455 e. The van der Waals surface area contributed by atoms with E-state index in [2.05, 4.69) is 44.5 Å². The van der Waals surface area contributed by atoms with Crippen LogP contribution in [-0.4, -0.2) is 32.8 Å². The Balaban J connectivity index is 1.55. The summed E-state index contributed by atoms with van der Waals surface area (Å²) in [6.07, 6.45) is 0. The first-order valence-corrected chi connectivity index (χ1v) is 16.4. The van der Waals surface area contributed by atoms with Gasteiger partial charge in [0.1, 0.15) is 11.8 Å². The number of hydrogen-bond acceptors (Lipinski definition) is 5. The smallest absolute Gasteiger partial charge is 0.252 e. The summed E-state index contributed by atoms with van der Waals surface area (Å²) in [5.74, 6) is 0.457. The molecule has 0 fully saturated rings. The molecule has 0 unspecified atom stereocenters. The molecule has 0 aliphatic rings. The van der Waals surface area contributed by atoms with Crippen LogP contribution in [0.5, 0.6) is 11.5 Å². The Morgan fingerprint density at radius 1 is 0.947 bits per heavy atom. The van der Waals surface area contributed by atoms with Gasteiger partial charge in [-0.05, 0) is 77.4 Å². The molecule has 0 aliphatic heterocycles. The molecule has 0 spiro atoms. The summed E-state index contributed by atoms with van der Waals surface area (Å²) in [6, 6.07) is 23.2. The van der Waals surface area contributed by atoms with Crippen LogP contribution < -0.4 is 15.4 Å². The van der Waals surface area contributed by atoms with Crippen molar-refractivity contribution in [2.75, 3.05) is 11.9 Å². The van der Waals surface area contributed by atoms with E-state index in [4.69, 9.17) is 9.16 Å². The molecular weight excluding hydrogens is 512 g/mol. The number of ether oxygens (including phenoxy) is 1. The summed E-state index contributed by atoms with van der Waals surface area (Å²) in [5.41, 5.74) is 1.00. The highest BCUT2D eigenvalue weighted by Gasteiger charge is 2.38. The second-order valence-electron chi connectivity index (χ2n) is 10.7. The molecule has 2 N–H and O–H groups in total. The third-order valence-corrected chi connectivity index (χ3v) is 12.3. The minimum atomic E-state index is -2.18. The van der Waals surface area contributed by atoms with E-state index in [0.717, 1.165) is 10.1 Å². The molecule has 0 radical (unpaired) electrons. The Labute approximate surface area is 229 Å². The molecule has 4 rings (SSSR count). The number of fused-ring (bicyclic) bond motifs is 1. The van der Waals surface area contributed by atoms with Crippen LogP contribution in [0.3, 0.4) is 0 Å². The molecule has 6 nitrogen and oxygen atoms in total. The minimum absolute atomic E-state index is 0.0435. The molecule has 0 aliphatic carbocycles. The first-order valence-electron chi connectivity index (χ1n) is 12.6. The predicted molar refractivity (Wildman–Crippen MR) is 158 cm³/mol. The molecule has 1 aromatic heterocycles. The van der Waals surface area contributed by atoms with Gasteiger partial charge >= 0.3 is 0 Å². The number of amides is 2. The van der Waals surface area contributed by atoms with Crippen LogP contribution in [0.25, 0.3) is 10.1 Å². The zero-order chi connectivity index (χ0) is 27.3. The first kappa shape index (κ1) is 27.6. The predicted octanol–water partition coefficient (Wildman–Crippen LogP) is 7.45. The van der Waals surface area contributed by atoms with Gasteiger partial charge in [-0.1, -0.05) is 51.1 Å². The van der Waals surface area contributed by atoms with Crippen molar-refractivity contribution in [2.24, 2.45) is 0 Å². The second-order valence-corrected chi connectivity index (χ2v) is 16.4. The molecule has 1 atom stereocenters. The van der Waals surface area contributed by atoms with Crippen LogP contribution >= 0.6 is 11.3 Å². The lowest BCUT2D eigenvalue weighted by atomic mass is 10.1. The second kappa shape index (κ2) is 11.5. The van der Waals surface area contributed by atoms with Gasteiger partial charge in [0.25, 0.3) is 5.91 Å². The standard InChI is InChI=1S/C30H34N2O4SSi/c1-30(2,3)38(4,5)35-20-25(32-28(33)22-15-16-27-21(19-22)17-18-37-27)29(34)31-24-13-9-10-14-26(24)36-23-11-7-6-8-12-23/h6-19,25H,20H2,1-5H3,(H,31,34)(H,32,33)/t25-/m0/s1. The van der Waals surface area contributed by atoms with E-state index >= 15 is 0 Å². The molecule has 38 heavy (non-hydrogen) atoms. The molecule has 8 heteroatoms. The van der Waals surface area contributed by atoms with Crippen molar-refractivity contribution in [1.29, 1.82) is 0 Å². The van der Waals surface area contributed by atoms with Crippen molar-refractivity contribution >= 4 is 47.2 Å². The van der Waals surface area contributed by atoms with Gasteiger partial charge in [0, 0.05) is 10.3 Å². The van der Waals surface area contributed by atoms with Crippen LogP contribution in [0, 0.1) is 0 Å². The van der Waals surface area contributed by atoms with E-state index in [0.29, 0.717) is 22.7 Å². The molecule has 0 saturated carbocycles. The van der Waals surface area contributed by atoms with E-state index in [1.165, 1.54) is 0 Å². The van der Waals surface area contributed by atoms with Crippen LogP contribution in [0.1, 0.15) is 31.1 Å². The first-order chi connectivity index (χ1) is 18.0. The number of para-hydroxylation sites is 3. The fraction of sp³-hybridized carbons (Fsp3) is 0.267. The van der Waals surface area contributed by atoms with Gasteiger partial charge in [-0.25, -0.2) is 0 Å². The number of hydrogen-bond donors (Lipinski definition) is 2. The number of thiophene rings is 1. The highest BCUT2D eigenvalue weighted by atomic mass is 32.1. The zero-order valence-electron chi connectivity index (χ0n) is 22.4. The van der Waals surface area contributed by atoms with Gasteiger partial charge < -0.3 is 19.8 Å².